The zero-order chi connectivity index (χ0) is 20.2. The Labute approximate surface area is 162 Å². The minimum Gasteiger partial charge on any atom is -0.477 e. The number of H-pyrrole nitrogens is 1. The molecule has 3 heterocycles. The maximum Gasteiger partial charge on any atom is 0.352 e. The summed E-state index contributed by atoms with van der Waals surface area (Å²) >= 11 is 0. The molecule has 1 aromatic heterocycles. The van der Waals surface area contributed by atoms with Gasteiger partial charge in [-0.3, -0.25) is 9.89 Å². The summed E-state index contributed by atoms with van der Waals surface area (Å²) in [5.41, 5.74) is 4.04. The smallest absolute Gasteiger partial charge is 0.352 e. The van der Waals surface area contributed by atoms with Gasteiger partial charge in [-0.25, -0.2) is 4.79 Å². The average Bonchev–Trinajstić information content (AvgIpc) is 3.19. The molecule has 3 N–H and O–H groups in total. The number of benzene rings is 1. The number of carboxylic acids is 1. The first kappa shape index (κ1) is 18.4. The fraction of sp³-hybridized carbons (Fsp3) is 0.381. The Balaban J connectivity index is 1.80. The second-order valence-electron chi connectivity index (χ2n) is 7.62. The van der Waals surface area contributed by atoms with Crippen LogP contribution in [0.2, 0.25) is 0 Å². The van der Waals surface area contributed by atoms with Crippen LogP contribution in [0.15, 0.2) is 36.0 Å². The number of fused-ring (bicyclic) bond motifs is 1. The number of aryl methyl sites for hydroxylation is 1. The van der Waals surface area contributed by atoms with E-state index >= 15 is 0 Å². The SMILES string of the molecule is Cc1[nH]nc(C2=C(C(=O)O)N3C(=O)[C@H]([C@@H](C)O)[C@H]3C2)c1C(C)c1ccccc1. The van der Waals surface area contributed by atoms with Crippen LogP contribution in [0.3, 0.4) is 0 Å². The zero-order valence-corrected chi connectivity index (χ0v) is 16.0. The molecule has 1 amide bonds. The van der Waals surface area contributed by atoms with Gasteiger partial charge in [-0.05, 0) is 25.8 Å². The summed E-state index contributed by atoms with van der Waals surface area (Å²) in [7, 11) is 0. The van der Waals surface area contributed by atoms with Gasteiger partial charge in [0.25, 0.3) is 0 Å². The number of carbonyl (C=O) groups excluding carboxylic acids is 1. The molecule has 0 saturated carbocycles. The maximum absolute atomic E-state index is 12.5. The Morgan fingerprint density at radius 1 is 1.29 bits per heavy atom. The molecule has 146 valence electrons. The first-order valence-electron chi connectivity index (χ1n) is 9.40. The number of nitrogens with zero attached hydrogens (tertiary/aromatic N) is 2. The molecule has 7 heteroatoms. The average molecular weight is 381 g/mol. The monoisotopic (exact) mass is 381 g/mol. The number of rotatable bonds is 5. The predicted octanol–water partition coefficient (Wildman–Crippen LogP) is 2.28. The van der Waals surface area contributed by atoms with Crippen molar-refractivity contribution in [3.05, 3.63) is 58.5 Å². The van der Waals surface area contributed by atoms with Crippen molar-refractivity contribution in [1.29, 1.82) is 0 Å². The van der Waals surface area contributed by atoms with E-state index < -0.39 is 18.0 Å². The van der Waals surface area contributed by atoms with Gasteiger partial charge in [-0.1, -0.05) is 37.3 Å². The number of aliphatic hydroxyl groups is 1. The van der Waals surface area contributed by atoms with Gasteiger partial charge in [0.2, 0.25) is 5.91 Å². The molecule has 1 fully saturated rings. The summed E-state index contributed by atoms with van der Waals surface area (Å²) in [5.74, 6) is -2.04. The number of hydrogen-bond donors (Lipinski definition) is 3. The molecule has 2 aromatic rings. The van der Waals surface area contributed by atoms with E-state index in [1.54, 1.807) is 6.92 Å². The molecule has 0 spiro atoms. The van der Waals surface area contributed by atoms with E-state index in [-0.39, 0.29) is 23.6 Å². The number of aromatic nitrogens is 2. The van der Waals surface area contributed by atoms with Crippen LogP contribution < -0.4 is 0 Å². The van der Waals surface area contributed by atoms with Gasteiger partial charge >= 0.3 is 5.97 Å². The second-order valence-corrected chi connectivity index (χ2v) is 7.62. The molecule has 2 aliphatic rings. The van der Waals surface area contributed by atoms with Gasteiger partial charge in [-0.15, -0.1) is 0 Å². The number of β-lactam (4-membered cyclic amide) rings is 1. The van der Waals surface area contributed by atoms with Crippen LogP contribution in [0.1, 0.15) is 48.7 Å². The first-order chi connectivity index (χ1) is 13.3. The lowest BCUT2D eigenvalue weighted by Crippen LogP contribution is -2.61. The summed E-state index contributed by atoms with van der Waals surface area (Å²) in [6, 6.07) is 9.62. The minimum atomic E-state index is -1.14. The van der Waals surface area contributed by atoms with Gasteiger partial charge in [0.15, 0.2) is 0 Å². The Morgan fingerprint density at radius 2 is 1.96 bits per heavy atom. The van der Waals surface area contributed by atoms with Gasteiger partial charge in [0.05, 0.1) is 23.8 Å². The Kier molecular flexibility index (Phi) is 4.34. The van der Waals surface area contributed by atoms with Crippen molar-refractivity contribution in [2.75, 3.05) is 0 Å². The summed E-state index contributed by atoms with van der Waals surface area (Å²) in [4.78, 5) is 25.8. The number of aromatic amines is 1. The number of hydrogen-bond acceptors (Lipinski definition) is 4. The highest BCUT2D eigenvalue weighted by Crippen LogP contribution is 2.48. The summed E-state index contributed by atoms with van der Waals surface area (Å²) in [6.07, 6.45) is -0.436. The Bertz CT molecular complexity index is 977. The predicted molar refractivity (Wildman–Crippen MR) is 102 cm³/mol. The van der Waals surface area contributed by atoms with Crippen molar-refractivity contribution in [2.24, 2.45) is 5.92 Å². The molecule has 7 nitrogen and oxygen atoms in total. The Hall–Kier alpha value is -2.93. The highest BCUT2D eigenvalue weighted by molar-refractivity contribution is 6.06. The number of nitrogens with one attached hydrogen (secondary N) is 1. The molecule has 2 aliphatic heterocycles. The molecular weight excluding hydrogens is 358 g/mol. The van der Waals surface area contributed by atoms with Gasteiger partial charge < -0.3 is 15.1 Å². The van der Waals surface area contributed by atoms with Crippen LogP contribution in [0.4, 0.5) is 0 Å². The van der Waals surface area contributed by atoms with Crippen molar-refractivity contribution in [3.8, 4) is 0 Å². The fourth-order valence-corrected chi connectivity index (χ4v) is 4.59. The van der Waals surface area contributed by atoms with Crippen molar-refractivity contribution < 1.29 is 19.8 Å². The van der Waals surface area contributed by atoms with E-state index in [4.69, 9.17) is 0 Å². The molecule has 1 saturated heterocycles. The van der Waals surface area contributed by atoms with E-state index in [9.17, 15) is 19.8 Å². The van der Waals surface area contributed by atoms with Gasteiger partial charge in [0.1, 0.15) is 5.70 Å². The number of amides is 1. The third-order valence-corrected chi connectivity index (χ3v) is 5.94. The molecule has 28 heavy (non-hydrogen) atoms. The van der Waals surface area contributed by atoms with Crippen LogP contribution >= 0.6 is 0 Å². The lowest BCUT2D eigenvalue weighted by Gasteiger charge is -2.44. The van der Waals surface area contributed by atoms with Crippen LogP contribution in [0, 0.1) is 12.8 Å². The summed E-state index contributed by atoms with van der Waals surface area (Å²) < 4.78 is 0. The van der Waals surface area contributed by atoms with E-state index in [1.807, 2.05) is 37.3 Å². The standard InChI is InChI=1S/C21H23N3O4/c1-10(13-7-5-4-6-8-13)16-11(2)22-23-18(16)14-9-15-17(12(3)25)20(26)24(15)19(14)21(27)28/h4-8,10,12,15,17,25H,9H2,1-3H3,(H,22,23)(H,27,28)/t10?,12-,15-,17-/m1/s1. The number of carboxylic acid groups (broad SMARTS) is 1. The van der Waals surface area contributed by atoms with Crippen molar-refractivity contribution in [1.82, 2.24) is 15.1 Å². The van der Waals surface area contributed by atoms with Crippen molar-refractivity contribution in [3.63, 3.8) is 0 Å². The van der Waals surface area contributed by atoms with Crippen LogP contribution in [0.5, 0.6) is 0 Å². The van der Waals surface area contributed by atoms with Crippen LogP contribution in [0.25, 0.3) is 5.57 Å². The van der Waals surface area contributed by atoms with Gasteiger partial charge in [0, 0.05) is 22.7 Å². The number of aliphatic carboxylic acids is 1. The second kappa shape index (κ2) is 6.60. The Morgan fingerprint density at radius 3 is 2.57 bits per heavy atom. The molecule has 0 radical (unpaired) electrons. The lowest BCUT2D eigenvalue weighted by atomic mass is 9.82. The lowest BCUT2D eigenvalue weighted by molar-refractivity contribution is -0.161. The number of aliphatic hydroxyl groups excluding tert-OH is 1. The number of carbonyl (C=O) groups is 2. The fourth-order valence-electron chi connectivity index (χ4n) is 4.59. The molecule has 0 bridgehead atoms. The van der Waals surface area contributed by atoms with Crippen molar-refractivity contribution in [2.45, 2.75) is 45.3 Å². The third-order valence-electron chi connectivity index (χ3n) is 5.94. The highest BCUT2D eigenvalue weighted by Gasteiger charge is 2.57. The first-order valence-corrected chi connectivity index (χ1v) is 9.40. The quantitative estimate of drug-likeness (QED) is 0.689. The third kappa shape index (κ3) is 2.57. The molecule has 4 atom stereocenters. The van der Waals surface area contributed by atoms with E-state index in [2.05, 4.69) is 17.1 Å². The normalized spacial score (nSPS) is 23.4. The summed E-state index contributed by atoms with van der Waals surface area (Å²) in [6.45, 7) is 5.55. The molecular formula is C21H23N3O4. The largest absolute Gasteiger partial charge is 0.477 e. The molecule has 0 aliphatic carbocycles. The van der Waals surface area contributed by atoms with Gasteiger partial charge in [-0.2, -0.15) is 5.10 Å². The topological polar surface area (TPSA) is 107 Å². The maximum atomic E-state index is 12.5. The molecule has 1 aromatic carbocycles. The van der Waals surface area contributed by atoms with E-state index in [0.29, 0.717) is 17.7 Å². The van der Waals surface area contributed by atoms with Crippen LogP contribution in [-0.2, 0) is 9.59 Å². The van der Waals surface area contributed by atoms with Crippen LogP contribution in [-0.4, -0.2) is 49.3 Å². The van der Waals surface area contributed by atoms with Crippen molar-refractivity contribution >= 4 is 17.4 Å². The highest BCUT2D eigenvalue weighted by atomic mass is 16.4. The molecule has 1 unspecified atom stereocenters. The minimum absolute atomic E-state index is 0.00834. The molecule has 4 rings (SSSR count). The van der Waals surface area contributed by atoms with E-state index in [0.717, 1.165) is 16.8 Å². The summed E-state index contributed by atoms with van der Waals surface area (Å²) in [5, 5.41) is 27.2. The van der Waals surface area contributed by atoms with E-state index in [1.165, 1.54) is 4.90 Å². The zero-order valence-electron chi connectivity index (χ0n) is 16.0.